The summed E-state index contributed by atoms with van der Waals surface area (Å²) in [5, 5.41) is 1.13. The zero-order valence-corrected chi connectivity index (χ0v) is 17.8. The van der Waals surface area contributed by atoms with E-state index in [-0.39, 0.29) is 23.9 Å². The number of carbonyl (C=O) groups excluding carboxylic acids is 2. The van der Waals surface area contributed by atoms with Crippen LogP contribution in [0.4, 0.5) is 0 Å². The summed E-state index contributed by atoms with van der Waals surface area (Å²) >= 11 is 0. The number of hydrogen-bond donors (Lipinski definition) is 1. The molecule has 3 aliphatic rings. The molecule has 6 nitrogen and oxygen atoms in total. The minimum atomic E-state index is -0.632. The van der Waals surface area contributed by atoms with Crippen molar-refractivity contribution in [1.29, 1.82) is 0 Å². The third-order valence-corrected chi connectivity index (χ3v) is 7.35. The van der Waals surface area contributed by atoms with Crippen LogP contribution in [-0.4, -0.2) is 57.6 Å². The second-order valence-electron chi connectivity index (χ2n) is 9.27. The minimum absolute atomic E-state index is 0.0226. The third kappa shape index (κ3) is 2.32. The molecular weight excluding hydrogens is 366 g/mol. The van der Waals surface area contributed by atoms with E-state index in [4.69, 9.17) is 4.74 Å². The van der Waals surface area contributed by atoms with E-state index >= 15 is 0 Å². The lowest BCUT2D eigenvalue weighted by molar-refractivity contribution is -0.139. The highest BCUT2D eigenvalue weighted by Gasteiger charge is 2.65. The zero-order valence-electron chi connectivity index (χ0n) is 17.8. The molecule has 1 aromatic heterocycles. The average Bonchev–Trinajstić information content (AvgIpc) is 3.38. The predicted molar refractivity (Wildman–Crippen MR) is 111 cm³/mol. The van der Waals surface area contributed by atoms with Gasteiger partial charge < -0.3 is 19.5 Å². The van der Waals surface area contributed by atoms with Gasteiger partial charge in [0.15, 0.2) is 5.72 Å². The van der Waals surface area contributed by atoms with Crippen LogP contribution in [0.2, 0.25) is 0 Å². The first-order chi connectivity index (χ1) is 13.8. The molecule has 0 unspecified atom stereocenters. The van der Waals surface area contributed by atoms with Crippen LogP contribution >= 0.6 is 0 Å². The number of aryl methyl sites for hydroxylation is 3. The maximum absolute atomic E-state index is 13.6. The number of nitrogens with zero attached hydrogens (tertiary/aromatic N) is 2. The van der Waals surface area contributed by atoms with Crippen molar-refractivity contribution < 1.29 is 14.3 Å². The third-order valence-electron chi connectivity index (χ3n) is 7.35. The van der Waals surface area contributed by atoms with Gasteiger partial charge in [0.1, 0.15) is 5.69 Å². The molecule has 3 fully saturated rings. The number of aromatic amines is 1. The van der Waals surface area contributed by atoms with Crippen LogP contribution in [0.25, 0.3) is 10.9 Å². The molecule has 1 spiro atoms. The van der Waals surface area contributed by atoms with Crippen molar-refractivity contribution in [1.82, 2.24) is 14.8 Å². The van der Waals surface area contributed by atoms with Crippen LogP contribution in [-0.2, 0) is 9.53 Å². The Bertz CT molecular complexity index is 1040. The molecule has 3 atom stereocenters. The standard InChI is InChI=1S/C23H29N3O3/c1-12(2)16-11-29-23-8-9-25(17(23)10-18(27)26(16)23)22(28)21-15(5)19-13(3)6-7-14(4)20(19)24-21/h6-7,12,16-17,24H,8-11H2,1-5H3/t16-,17+,23-/m0/s1. The van der Waals surface area contributed by atoms with Crippen LogP contribution in [0.5, 0.6) is 0 Å². The Morgan fingerprint density at radius 3 is 2.66 bits per heavy atom. The van der Waals surface area contributed by atoms with E-state index < -0.39 is 5.72 Å². The summed E-state index contributed by atoms with van der Waals surface area (Å²) in [4.78, 5) is 33.7. The Morgan fingerprint density at radius 2 is 1.97 bits per heavy atom. The van der Waals surface area contributed by atoms with Crippen LogP contribution in [0.3, 0.4) is 0 Å². The number of aromatic nitrogens is 1. The maximum atomic E-state index is 13.6. The number of rotatable bonds is 2. The molecule has 6 heteroatoms. The Balaban J connectivity index is 1.53. The smallest absolute Gasteiger partial charge is 0.271 e. The maximum Gasteiger partial charge on any atom is 0.271 e. The van der Waals surface area contributed by atoms with Gasteiger partial charge in [-0.2, -0.15) is 0 Å². The topological polar surface area (TPSA) is 65.6 Å². The molecule has 4 heterocycles. The number of ether oxygens (including phenoxy) is 1. The summed E-state index contributed by atoms with van der Waals surface area (Å²) in [6, 6.07) is 4.07. The highest BCUT2D eigenvalue weighted by Crippen LogP contribution is 2.49. The number of H-pyrrole nitrogens is 1. The zero-order chi connectivity index (χ0) is 20.7. The number of amides is 2. The van der Waals surface area contributed by atoms with Crippen molar-refractivity contribution >= 4 is 22.7 Å². The first kappa shape index (κ1) is 18.7. The molecule has 29 heavy (non-hydrogen) atoms. The van der Waals surface area contributed by atoms with E-state index in [0.29, 0.717) is 37.6 Å². The summed E-state index contributed by atoms with van der Waals surface area (Å²) in [6.45, 7) is 11.6. The van der Waals surface area contributed by atoms with E-state index in [1.54, 1.807) is 0 Å². The number of hydrogen-bond acceptors (Lipinski definition) is 3. The quantitative estimate of drug-likeness (QED) is 0.849. The Labute approximate surface area is 171 Å². The monoisotopic (exact) mass is 395 g/mol. The molecule has 2 amide bonds. The van der Waals surface area contributed by atoms with Gasteiger partial charge in [-0.3, -0.25) is 9.59 Å². The first-order valence-electron chi connectivity index (χ1n) is 10.6. The van der Waals surface area contributed by atoms with E-state index in [0.717, 1.165) is 27.6 Å². The highest BCUT2D eigenvalue weighted by atomic mass is 16.5. The molecule has 154 valence electrons. The number of likely N-dealkylation sites (tertiary alicyclic amines) is 1. The van der Waals surface area contributed by atoms with Crippen LogP contribution in [0.1, 0.15) is 53.9 Å². The molecule has 0 bridgehead atoms. The highest BCUT2D eigenvalue weighted by molar-refractivity contribution is 6.03. The predicted octanol–water partition coefficient (Wildman–Crippen LogP) is 3.29. The lowest BCUT2D eigenvalue weighted by Gasteiger charge is -2.34. The van der Waals surface area contributed by atoms with E-state index in [9.17, 15) is 9.59 Å². The fourth-order valence-corrected chi connectivity index (χ4v) is 5.77. The van der Waals surface area contributed by atoms with Gasteiger partial charge >= 0.3 is 0 Å². The van der Waals surface area contributed by atoms with Gasteiger partial charge in [-0.15, -0.1) is 0 Å². The van der Waals surface area contributed by atoms with Gasteiger partial charge in [-0.1, -0.05) is 26.0 Å². The summed E-state index contributed by atoms with van der Waals surface area (Å²) in [5.41, 5.74) is 4.32. The van der Waals surface area contributed by atoms with Crippen molar-refractivity contribution in [2.24, 2.45) is 5.92 Å². The molecule has 3 aliphatic heterocycles. The van der Waals surface area contributed by atoms with E-state index in [1.165, 1.54) is 0 Å². The normalized spacial score (nSPS) is 28.7. The number of carbonyl (C=O) groups is 2. The molecule has 3 saturated heterocycles. The number of nitrogens with one attached hydrogen (secondary N) is 1. The second kappa shape index (κ2) is 6.08. The Kier molecular flexibility index (Phi) is 3.92. The van der Waals surface area contributed by atoms with Crippen molar-refractivity contribution in [3.05, 3.63) is 34.5 Å². The van der Waals surface area contributed by atoms with Gasteiger partial charge in [-0.05, 0) is 43.4 Å². The van der Waals surface area contributed by atoms with E-state index in [1.807, 2.05) is 16.7 Å². The Morgan fingerprint density at radius 1 is 1.24 bits per heavy atom. The van der Waals surface area contributed by atoms with Crippen molar-refractivity contribution in [3.8, 4) is 0 Å². The fraction of sp³-hybridized carbons (Fsp3) is 0.565. The van der Waals surface area contributed by atoms with Crippen LogP contribution < -0.4 is 0 Å². The molecular formula is C23H29N3O3. The van der Waals surface area contributed by atoms with Crippen molar-refractivity contribution in [2.45, 2.75) is 65.3 Å². The summed E-state index contributed by atoms with van der Waals surface area (Å²) < 4.78 is 6.28. The van der Waals surface area contributed by atoms with Gasteiger partial charge in [-0.25, -0.2) is 0 Å². The molecule has 0 radical (unpaired) electrons. The number of benzene rings is 1. The van der Waals surface area contributed by atoms with E-state index in [2.05, 4.69) is 44.8 Å². The van der Waals surface area contributed by atoms with Crippen LogP contribution in [0, 0.1) is 26.7 Å². The lowest BCUT2D eigenvalue weighted by atomic mass is 10.0. The minimum Gasteiger partial charge on any atom is -0.351 e. The molecule has 5 rings (SSSR count). The van der Waals surface area contributed by atoms with Gasteiger partial charge in [0.2, 0.25) is 5.91 Å². The average molecular weight is 396 g/mol. The SMILES string of the molecule is Cc1ccc(C)c2c(C)c(C(=O)N3CC[C@@]45OC[C@@H](C(C)C)N4C(=O)C[C@@H]35)[nH]c12. The number of fused-ring (bicyclic) bond motifs is 1. The lowest BCUT2D eigenvalue weighted by Crippen LogP contribution is -2.51. The molecule has 1 N–H and O–H groups in total. The Hall–Kier alpha value is -2.34. The molecule has 2 aromatic rings. The molecule has 0 aliphatic carbocycles. The van der Waals surface area contributed by atoms with Gasteiger partial charge in [0.25, 0.3) is 5.91 Å². The molecule has 1 aromatic carbocycles. The molecule has 0 saturated carbocycles. The largest absolute Gasteiger partial charge is 0.351 e. The second-order valence-corrected chi connectivity index (χ2v) is 9.27. The first-order valence-corrected chi connectivity index (χ1v) is 10.6. The fourth-order valence-electron chi connectivity index (χ4n) is 5.77. The summed E-state index contributed by atoms with van der Waals surface area (Å²) in [7, 11) is 0. The van der Waals surface area contributed by atoms with Crippen LogP contribution in [0.15, 0.2) is 12.1 Å². The van der Waals surface area contributed by atoms with Crippen molar-refractivity contribution in [2.75, 3.05) is 13.2 Å². The van der Waals surface area contributed by atoms with Gasteiger partial charge in [0.05, 0.1) is 25.1 Å². The van der Waals surface area contributed by atoms with Gasteiger partial charge in [0, 0.05) is 23.9 Å². The van der Waals surface area contributed by atoms with Crippen molar-refractivity contribution in [3.63, 3.8) is 0 Å². The summed E-state index contributed by atoms with van der Waals surface area (Å²) in [6.07, 6.45) is 1.04. The summed E-state index contributed by atoms with van der Waals surface area (Å²) in [5.74, 6) is 0.429.